The highest BCUT2D eigenvalue weighted by molar-refractivity contribution is 7.31. The third-order valence-electron chi connectivity index (χ3n) is 7.44. The lowest BCUT2D eigenvalue weighted by Crippen LogP contribution is -2.17. The molecule has 0 fully saturated rings. The maximum absolute atomic E-state index is 6.79. The van der Waals surface area contributed by atoms with E-state index in [1.807, 2.05) is 0 Å². The van der Waals surface area contributed by atoms with Crippen molar-refractivity contribution >= 4 is 30.2 Å². The number of hydrogen-bond donors (Lipinski definition) is 1. The van der Waals surface area contributed by atoms with E-state index in [1.54, 1.807) is 0 Å². The molecule has 0 unspecified atom stereocenters. The van der Waals surface area contributed by atoms with Crippen molar-refractivity contribution in [2.45, 2.75) is 130 Å². The smallest absolute Gasteiger partial charge is 0.387 e. The van der Waals surface area contributed by atoms with Gasteiger partial charge in [-0.05, 0) is 64.3 Å². The average Bonchev–Trinajstić information content (AvgIpc) is 2.94. The van der Waals surface area contributed by atoms with E-state index in [9.17, 15) is 0 Å². The molecular formula is C34H54NO3P. The van der Waals surface area contributed by atoms with Gasteiger partial charge in [0.25, 0.3) is 0 Å². The predicted octanol–water partition coefficient (Wildman–Crippen LogP) is 10.4. The van der Waals surface area contributed by atoms with Crippen LogP contribution in [0.3, 0.4) is 0 Å². The van der Waals surface area contributed by atoms with Crippen LogP contribution in [-0.4, -0.2) is 13.2 Å². The first-order chi connectivity index (χ1) is 17.8. The highest BCUT2D eigenvalue weighted by atomic mass is 31.1. The monoisotopic (exact) mass is 555 g/mol. The Morgan fingerprint density at radius 2 is 1.00 bits per heavy atom. The molecule has 1 heterocycles. The number of hydrogen-bond acceptors (Lipinski definition) is 4. The summed E-state index contributed by atoms with van der Waals surface area (Å²) in [7, 11) is -1.62. The van der Waals surface area contributed by atoms with Crippen LogP contribution in [0, 0.1) is 0 Å². The molecule has 0 amide bonds. The number of unbranched alkanes of at least 4 members (excludes halogenated alkanes) is 3. The second-order valence-corrected chi connectivity index (χ2v) is 16.3. The number of nitrogens with two attached hydrogens (primary N) is 1. The van der Waals surface area contributed by atoms with Gasteiger partial charge in [0.05, 0.1) is 6.61 Å². The number of rotatable bonds is 7. The molecule has 0 atom stereocenters. The quantitative estimate of drug-likeness (QED) is 0.295. The molecule has 0 aliphatic rings. The van der Waals surface area contributed by atoms with Gasteiger partial charge in [0.2, 0.25) is 0 Å². The third-order valence-corrected chi connectivity index (χ3v) is 8.50. The molecule has 218 valence electrons. The van der Waals surface area contributed by atoms with E-state index in [2.05, 4.69) is 107 Å². The van der Waals surface area contributed by atoms with Crippen molar-refractivity contribution in [2.24, 2.45) is 5.73 Å². The molecule has 1 aromatic heterocycles. The Morgan fingerprint density at radius 3 is 1.36 bits per heavy atom. The molecular weight excluding hydrogens is 501 g/mol. The van der Waals surface area contributed by atoms with Crippen LogP contribution in [0.5, 0.6) is 0 Å². The lowest BCUT2D eigenvalue weighted by Gasteiger charge is -2.27. The lowest BCUT2D eigenvalue weighted by molar-refractivity contribution is 0.356. The number of benzene rings is 2. The van der Waals surface area contributed by atoms with Gasteiger partial charge in [-0.25, -0.2) is 0 Å². The van der Waals surface area contributed by atoms with E-state index < -0.39 is 8.24 Å². The van der Waals surface area contributed by atoms with E-state index in [4.69, 9.17) is 18.7 Å². The van der Waals surface area contributed by atoms with Crippen molar-refractivity contribution < 1.29 is 12.9 Å². The molecule has 2 N–H and O–H groups in total. The van der Waals surface area contributed by atoms with Crippen LogP contribution in [0.25, 0.3) is 21.9 Å². The second-order valence-electron chi connectivity index (χ2n) is 15.2. The van der Waals surface area contributed by atoms with E-state index in [0.717, 1.165) is 54.2 Å². The summed E-state index contributed by atoms with van der Waals surface area (Å²) in [4.78, 5) is 0. The second kappa shape index (κ2) is 11.6. The van der Waals surface area contributed by atoms with Crippen molar-refractivity contribution in [3.05, 3.63) is 46.5 Å². The summed E-state index contributed by atoms with van der Waals surface area (Å²) in [5.74, 6) is 0. The summed E-state index contributed by atoms with van der Waals surface area (Å²) in [5.41, 5.74) is 12.2. The van der Waals surface area contributed by atoms with Crippen LogP contribution < -0.4 is 10.3 Å². The zero-order chi connectivity index (χ0) is 29.4. The fourth-order valence-electron chi connectivity index (χ4n) is 4.79. The SMILES string of the molecule is CC(C)(C)c1cc(C(C)(C)C)c2op(OCCCCCCN)oc3c(C(C)(C)C)cc(C(C)(C)C)cc3c2c1. The van der Waals surface area contributed by atoms with Gasteiger partial charge in [0.1, 0.15) is 11.2 Å². The summed E-state index contributed by atoms with van der Waals surface area (Å²) in [5, 5.41) is 2.21. The zero-order valence-corrected chi connectivity index (χ0v) is 27.7. The molecule has 0 aliphatic heterocycles. The maximum atomic E-state index is 6.79. The van der Waals surface area contributed by atoms with Gasteiger partial charge in [-0.1, -0.05) is 108 Å². The fraction of sp³-hybridized carbons (Fsp3) is 0.647. The van der Waals surface area contributed by atoms with Crippen LogP contribution >= 0.6 is 8.24 Å². The highest BCUT2D eigenvalue weighted by Gasteiger charge is 2.28. The topological polar surface area (TPSA) is 61.5 Å². The zero-order valence-electron chi connectivity index (χ0n) is 26.8. The lowest BCUT2D eigenvalue weighted by atomic mass is 9.77. The number of fused-ring (bicyclic) bond motifs is 3. The molecule has 2 aromatic carbocycles. The van der Waals surface area contributed by atoms with Crippen molar-refractivity contribution in [3.8, 4) is 0 Å². The maximum Gasteiger partial charge on any atom is 0.387 e. The van der Waals surface area contributed by atoms with E-state index in [1.165, 1.54) is 22.3 Å². The molecule has 0 saturated heterocycles. The first-order valence-corrected chi connectivity index (χ1v) is 15.8. The summed E-state index contributed by atoms with van der Waals surface area (Å²) < 4.78 is 19.9. The molecule has 0 saturated carbocycles. The first-order valence-electron chi connectivity index (χ1n) is 14.7. The Hall–Kier alpha value is -1.74. The van der Waals surface area contributed by atoms with E-state index in [-0.39, 0.29) is 21.7 Å². The molecule has 39 heavy (non-hydrogen) atoms. The predicted molar refractivity (Wildman–Crippen MR) is 170 cm³/mol. The van der Waals surface area contributed by atoms with Crippen molar-refractivity contribution in [3.63, 3.8) is 0 Å². The minimum atomic E-state index is -1.62. The summed E-state index contributed by atoms with van der Waals surface area (Å²) in [6.45, 7) is 28.6. The standard InChI is InChI=1S/C34H54NO3P/c1-31(2,3)23-19-25-26-20-24(32(4,5)6)22-28(34(10,11)12)30(26)38-39(36-18-16-14-13-15-17-35)37-29(25)27(21-23)33(7,8)9/h19-22H,13-18,35H2,1-12H3. The Bertz CT molecular complexity index is 1230. The minimum Gasteiger partial charge on any atom is -0.399 e. The average molecular weight is 556 g/mol. The Labute approximate surface area is 238 Å². The molecule has 0 aliphatic carbocycles. The first kappa shape index (κ1) is 31.8. The van der Waals surface area contributed by atoms with Gasteiger partial charge in [-0.15, -0.1) is 0 Å². The van der Waals surface area contributed by atoms with Crippen LogP contribution in [0.15, 0.2) is 32.7 Å². The molecule has 0 bridgehead atoms. The van der Waals surface area contributed by atoms with Gasteiger partial charge in [0.15, 0.2) is 0 Å². The summed E-state index contributed by atoms with van der Waals surface area (Å²) in [6, 6.07) is 9.33. The molecule has 0 spiro atoms. The van der Waals surface area contributed by atoms with Gasteiger partial charge < -0.3 is 14.1 Å². The largest absolute Gasteiger partial charge is 0.399 e. The third kappa shape index (κ3) is 7.72. The van der Waals surface area contributed by atoms with Crippen LogP contribution in [-0.2, 0) is 21.7 Å². The van der Waals surface area contributed by atoms with E-state index in [0.29, 0.717) is 6.61 Å². The van der Waals surface area contributed by atoms with Crippen LogP contribution in [0.2, 0.25) is 0 Å². The molecule has 4 nitrogen and oxygen atoms in total. The Morgan fingerprint density at radius 1 is 0.590 bits per heavy atom. The van der Waals surface area contributed by atoms with Gasteiger partial charge >= 0.3 is 8.24 Å². The normalized spacial score (nSPS) is 13.5. The van der Waals surface area contributed by atoms with Crippen LogP contribution in [0.4, 0.5) is 0 Å². The Balaban J connectivity index is 2.48. The van der Waals surface area contributed by atoms with Gasteiger partial charge in [0, 0.05) is 21.9 Å². The van der Waals surface area contributed by atoms with Crippen molar-refractivity contribution in [1.82, 2.24) is 0 Å². The van der Waals surface area contributed by atoms with Crippen LogP contribution in [0.1, 0.15) is 131 Å². The van der Waals surface area contributed by atoms with Crippen molar-refractivity contribution in [2.75, 3.05) is 13.2 Å². The summed E-state index contributed by atoms with van der Waals surface area (Å²) in [6.07, 6.45) is 4.24. The minimum absolute atomic E-state index is 0.0123. The Kier molecular flexibility index (Phi) is 9.48. The fourth-order valence-corrected chi connectivity index (χ4v) is 5.91. The molecule has 0 radical (unpaired) electrons. The van der Waals surface area contributed by atoms with E-state index >= 15 is 0 Å². The van der Waals surface area contributed by atoms with Gasteiger partial charge in [-0.3, -0.25) is 4.52 Å². The van der Waals surface area contributed by atoms with Gasteiger partial charge in [-0.2, -0.15) is 0 Å². The molecule has 3 rings (SSSR count). The highest BCUT2D eigenvalue weighted by Crippen LogP contribution is 2.45. The van der Waals surface area contributed by atoms with Crippen molar-refractivity contribution in [1.29, 1.82) is 0 Å². The molecule has 3 aromatic rings. The molecule has 5 heteroatoms. The summed E-state index contributed by atoms with van der Waals surface area (Å²) >= 11 is 0.